The topological polar surface area (TPSA) is 89.2 Å². The zero-order chi connectivity index (χ0) is 24.3. The van der Waals surface area contributed by atoms with E-state index in [9.17, 15) is 8.42 Å². The van der Waals surface area contributed by atoms with Gasteiger partial charge in [0.05, 0.1) is 18.0 Å². The molecule has 0 bridgehead atoms. The highest BCUT2D eigenvalue weighted by atomic mass is 32.2. The molecule has 0 spiro atoms. The van der Waals surface area contributed by atoms with Crippen molar-refractivity contribution in [3.05, 3.63) is 103 Å². The number of aromatic nitrogens is 4. The number of rotatable bonds is 8. The molecular formula is C27H25N5O2S. The number of sulfone groups is 1. The average molecular weight is 484 g/mol. The molecule has 0 amide bonds. The lowest BCUT2D eigenvalue weighted by atomic mass is 10.1. The minimum absolute atomic E-state index is 0.00789. The lowest BCUT2D eigenvalue weighted by Crippen LogP contribution is -2.09. The van der Waals surface area contributed by atoms with Crippen molar-refractivity contribution < 1.29 is 8.42 Å². The number of benzene rings is 2. The van der Waals surface area contributed by atoms with Crippen LogP contribution < -0.4 is 5.32 Å². The molecule has 0 fully saturated rings. The molecule has 176 valence electrons. The van der Waals surface area contributed by atoms with Crippen LogP contribution in [0.3, 0.4) is 0 Å². The van der Waals surface area contributed by atoms with Crippen LogP contribution in [0.1, 0.15) is 18.2 Å². The maximum atomic E-state index is 12.2. The third-order valence-electron chi connectivity index (χ3n) is 5.77. The van der Waals surface area contributed by atoms with E-state index in [1.807, 2.05) is 77.4 Å². The molecule has 0 aliphatic carbocycles. The average Bonchev–Trinajstić information content (AvgIpc) is 3.33. The van der Waals surface area contributed by atoms with E-state index in [2.05, 4.69) is 22.4 Å². The molecule has 0 aliphatic rings. The predicted molar refractivity (Wildman–Crippen MR) is 139 cm³/mol. The highest BCUT2D eigenvalue weighted by Crippen LogP contribution is 2.31. The molecule has 5 rings (SSSR count). The Bertz CT molecular complexity index is 1570. The largest absolute Gasteiger partial charge is 0.363 e. The Labute approximate surface area is 204 Å². The zero-order valence-corrected chi connectivity index (χ0v) is 20.1. The van der Waals surface area contributed by atoms with Gasteiger partial charge in [-0.2, -0.15) is 0 Å². The number of anilines is 1. The Balaban J connectivity index is 1.60. The second-order valence-corrected chi connectivity index (χ2v) is 10.6. The van der Waals surface area contributed by atoms with Gasteiger partial charge in [-0.1, -0.05) is 61.5 Å². The van der Waals surface area contributed by atoms with Crippen molar-refractivity contribution in [1.29, 1.82) is 0 Å². The highest BCUT2D eigenvalue weighted by Gasteiger charge is 2.16. The number of pyridine rings is 1. The number of nitrogens with one attached hydrogen (secondary N) is 1. The van der Waals surface area contributed by atoms with E-state index in [0.717, 1.165) is 27.9 Å². The summed E-state index contributed by atoms with van der Waals surface area (Å²) >= 11 is 0. The first-order valence-corrected chi connectivity index (χ1v) is 13.2. The van der Waals surface area contributed by atoms with Gasteiger partial charge in [-0.15, -0.1) is 5.10 Å². The first-order chi connectivity index (χ1) is 17.0. The van der Waals surface area contributed by atoms with Crippen LogP contribution in [0.15, 0.2) is 91.3 Å². The van der Waals surface area contributed by atoms with Crippen LogP contribution in [0.4, 0.5) is 5.82 Å². The Morgan fingerprint density at radius 1 is 0.914 bits per heavy atom. The van der Waals surface area contributed by atoms with Crippen molar-refractivity contribution in [2.45, 2.75) is 19.2 Å². The van der Waals surface area contributed by atoms with Gasteiger partial charge in [-0.25, -0.2) is 17.9 Å². The van der Waals surface area contributed by atoms with Crippen molar-refractivity contribution in [2.24, 2.45) is 0 Å². The number of nitrogens with zero attached hydrogens (tertiary/aromatic N) is 4. The molecule has 0 saturated carbocycles. The third kappa shape index (κ3) is 5.07. The van der Waals surface area contributed by atoms with Gasteiger partial charge >= 0.3 is 0 Å². The molecule has 8 heteroatoms. The van der Waals surface area contributed by atoms with Crippen LogP contribution in [0.5, 0.6) is 0 Å². The lowest BCUT2D eigenvalue weighted by molar-refractivity contribution is 0.596. The fraction of sp³-hybridized carbons (Fsp3) is 0.148. The molecule has 0 aliphatic heterocycles. The van der Waals surface area contributed by atoms with Crippen molar-refractivity contribution in [1.82, 2.24) is 19.6 Å². The number of fused-ring (bicyclic) bond motifs is 1. The molecule has 2 aromatic carbocycles. The van der Waals surface area contributed by atoms with E-state index >= 15 is 0 Å². The molecule has 0 unspecified atom stereocenters. The van der Waals surface area contributed by atoms with E-state index in [4.69, 9.17) is 10.1 Å². The van der Waals surface area contributed by atoms with E-state index in [1.165, 1.54) is 0 Å². The standard InChI is InChI=1S/C27H25N5O2S/c1-2-35(33,34)19-20-9-8-12-22(17-20)26-30-27(29-18-23-13-6-7-15-28-23)25-24(14-16-32(25)31-26)21-10-4-3-5-11-21/h3-17H,2,18-19H2,1H3,(H,29,30,31). The fourth-order valence-electron chi connectivity index (χ4n) is 3.95. The molecular weight excluding hydrogens is 458 g/mol. The van der Waals surface area contributed by atoms with E-state index < -0.39 is 9.84 Å². The second kappa shape index (κ2) is 9.68. The minimum atomic E-state index is -3.15. The summed E-state index contributed by atoms with van der Waals surface area (Å²) < 4.78 is 26.1. The third-order valence-corrected chi connectivity index (χ3v) is 7.42. The molecule has 1 N–H and O–H groups in total. The summed E-state index contributed by atoms with van der Waals surface area (Å²) in [4.78, 5) is 9.29. The maximum Gasteiger partial charge on any atom is 0.182 e. The fourth-order valence-corrected chi connectivity index (χ4v) is 4.85. The summed E-state index contributed by atoms with van der Waals surface area (Å²) in [6.07, 6.45) is 3.68. The van der Waals surface area contributed by atoms with Gasteiger partial charge < -0.3 is 5.32 Å². The predicted octanol–water partition coefficient (Wildman–Crippen LogP) is 5.01. The van der Waals surface area contributed by atoms with Crippen LogP contribution in [-0.4, -0.2) is 33.8 Å². The lowest BCUT2D eigenvalue weighted by Gasteiger charge is -2.12. The van der Waals surface area contributed by atoms with Gasteiger partial charge in [-0.3, -0.25) is 4.98 Å². The van der Waals surface area contributed by atoms with Crippen LogP contribution in [0.2, 0.25) is 0 Å². The van der Waals surface area contributed by atoms with E-state index in [0.29, 0.717) is 23.8 Å². The van der Waals surface area contributed by atoms with Crippen molar-refractivity contribution in [2.75, 3.05) is 11.1 Å². The van der Waals surface area contributed by atoms with Crippen LogP contribution in [-0.2, 0) is 22.1 Å². The van der Waals surface area contributed by atoms with E-state index in [-0.39, 0.29) is 11.5 Å². The summed E-state index contributed by atoms with van der Waals surface area (Å²) in [5.74, 6) is 1.28. The normalized spacial score (nSPS) is 11.6. The monoisotopic (exact) mass is 483 g/mol. The van der Waals surface area contributed by atoms with Crippen molar-refractivity contribution in [3.8, 4) is 22.5 Å². The molecule has 0 saturated heterocycles. The first-order valence-electron chi connectivity index (χ1n) is 11.4. The summed E-state index contributed by atoms with van der Waals surface area (Å²) in [6, 6.07) is 25.3. The summed E-state index contributed by atoms with van der Waals surface area (Å²) in [6.45, 7) is 2.16. The van der Waals surface area contributed by atoms with E-state index in [1.54, 1.807) is 13.1 Å². The minimum Gasteiger partial charge on any atom is -0.363 e. The number of hydrogen-bond donors (Lipinski definition) is 1. The highest BCUT2D eigenvalue weighted by molar-refractivity contribution is 7.90. The van der Waals surface area contributed by atoms with Crippen molar-refractivity contribution in [3.63, 3.8) is 0 Å². The summed E-state index contributed by atoms with van der Waals surface area (Å²) in [7, 11) is -3.15. The maximum absolute atomic E-state index is 12.2. The zero-order valence-electron chi connectivity index (χ0n) is 19.3. The summed E-state index contributed by atoms with van der Waals surface area (Å²) in [5, 5.41) is 8.21. The number of hydrogen-bond acceptors (Lipinski definition) is 6. The Morgan fingerprint density at radius 3 is 2.49 bits per heavy atom. The Morgan fingerprint density at radius 2 is 1.71 bits per heavy atom. The van der Waals surface area contributed by atoms with Gasteiger partial charge in [0.1, 0.15) is 5.52 Å². The molecule has 3 aromatic heterocycles. The van der Waals surface area contributed by atoms with Crippen molar-refractivity contribution >= 4 is 21.2 Å². The molecule has 35 heavy (non-hydrogen) atoms. The Hall–Kier alpha value is -4.04. The van der Waals surface area contributed by atoms with Gasteiger partial charge in [0, 0.05) is 29.3 Å². The van der Waals surface area contributed by atoms with Gasteiger partial charge in [0.2, 0.25) is 0 Å². The first kappa shape index (κ1) is 22.7. The molecule has 0 radical (unpaired) electrons. The second-order valence-electron chi connectivity index (χ2n) is 8.22. The quantitative estimate of drug-likeness (QED) is 0.334. The van der Waals surface area contributed by atoms with Gasteiger partial charge in [0.15, 0.2) is 21.5 Å². The molecule has 3 heterocycles. The molecule has 7 nitrogen and oxygen atoms in total. The molecule has 0 atom stereocenters. The Kier molecular flexibility index (Phi) is 6.29. The SMILES string of the molecule is CCS(=O)(=O)Cc1cccc(-c2nc(NCc3ccccn3)c3c(-c4ccccc4)ccn3n2)c1. The van der Waals surface area contributed by atoms with Crippen LogP contribution in [0, 0.1) is 0 Å². The van der Waals surface area contributed by atoms with Crippen LogP contribution in [0.25, 0.3) is 28.0 Å². The smallest absolute Gasteiger partial charge is 0.182 e. The van der Waals surface area contributed by atoms with Gasteiger partial charge in [0.25, 0.3) is 0 Å². The molecule has 5 aromatic rings. The van der Waals surface area contributed by atoms with Crippen LogP contribution >= 0.6 is 0 Å². The summed E-state index contributed by atoms with van der Waals surface area (Å²) in [5.41, 5.74) is 5.31. The van der Waals surface area contributed by atoms with Gasteiger partial charge in [-0.05, 0) is 35.4 Å².